The van der Waals surface area contributed by atoms with Gasteiger partial charge >= 0.3 is 0 Å². The third-order valence-corrected chi connectivity index (χ3v) is 4.25. The number of halogens is 2. The van der Waals surface area contributed by atoms with E-state index in [4.69, 9.17) is 0 Å². The van der Waals surface area contributed by atoms with Crippen LogP contribution in [0.25, 0.3) is 16.8 Å². The van der Waals surface area contributed by atoms with Gasteiger partial charge in [0.1, 0.15) is 11.6 Å². The van der Waals surface area contributed by atoms with Crippen molar-refractivity contribution in [2.75, 3.05) is 5.32 Å². The van der Waals surface area contributed by atoms with E-state index in [2.05, 4.69) is 15.4 Å². The molecule has 0 unspecified atom stereocenters. The highest BCUT2D eigenvalue weighted by atomic mass is 19.1. The normalized spacial score (nSPS) is 11.0. The van der Waals surface area contributed by atoms with Crippen molar-refractivity contribution in [3.05, 3.63) is 83.7 Å². The topological polar surface area (TPSA) is 59.3 Å². The van der Waals surface area contributed by atoms with Gasteiger partial charge in [-0.05, 0) is 47.9 Å². The number of aryl methyl sites for hydroxylation is 1. The van der Waals surface area contributed by atoms with E-state index < -0.39 is 5.82 Å². The Hall–Kier alpha value is -3.61. The summed E-state index contributed by atoms with van der Waals surface area (Å²) in [5, 5.41) is 7.19. The summed E-state index contributed by atoms with van der Waals surface area (Å²) in [6.07, 6.45) is 3.52. The van der Waals surface area contributed by atoms with Crippen molar-refractivity contribution in [3.8, 4) is 11.1 Å². The van der Waals surface area contributed by atoms with Crippen LogP contribution in [-0.2, 0) is 11.2 Å². The van der Waals surface area contributed by atoms with Crippen LogP contribution >= 0.6 is 0 Å². The van der Waals surface area contributed by atoms with Crippen molar-refractivity contribution in [2.45, 2.75) is 13.3 Å². The van der Waals surface area contributed by atoms with Gasteiger partial charge < -0.3 is 5.32 Å². The summed E-state index contributed by atoms with van der Waals surface area (Å²) in [7, 11) is 0. The van der Waals surface area contributed by atoms with Crippen LogP contribution in [0.5, 0.6) is 0 Å². The highest BCUT2D eigenvalue weighted by Gasteiger charge is 2.18. The SMILES string of the molecule is Cc1cnc2c(-c3cccc(F)c3)c(NC(=O)Cc3ccc(F)cc3)nn2c1. The third-order valence-electron chi connectivity index (χ3n) is 4.25. The lowest BCUT2D eigenvalue weighted by atomic mass is 10.1. The highest BCUT2D eigenvalue weighted by molar-refractivity contribution is 5.98. The molecule has 0 aliphatic carbocycles. The van der Waals surface area contributed by atoms with Crippen LogP contribution in [0.2, 0.25) is 0 Å². The smallest absolute Gasteiger partial charge is 0.230 e. The number of fused-ring (bicyclic) bond motifs is 1. The Balaban J connectivity index is 1.72. The van der Waals surface area contributed by atoms with Crippen LogP contribution in [0.1, 0.15) is 11.1 Å². The van der Waals surface area contributed by atoms with Gasteiger partial charge in [0.2, 0.25) is 5.91 Å². The van der Waals surface area contributed by atoms with Gasteiger partial charge in [-0.2, -0.15) is 0 Å². The van der Waals surface area contributed by atoms with Gasteiger partial charge in [0, 0.05) is 12.4 Å². The minimum Gasteiger partial charge on any atom is -0.308 e. The molecule has 4 aromatic rings. The number of amides is 1. The number of aromatic nitrogens is 3. The fraction of sp³-hybridized carbons (Fsp3) is 0.0952. The van der Waals surface area contributed by atoms with Gasteiger partial charge in [0.05, 0.1) is 12.0 Å². The summed E-state index contributed by atoms with van der Waals surface area (Å²) >= 11 is 0. The largest absolute Gasteiger partial charge is 0.308 e. The number of hydrogen-bond acceptors (Lipinski definition) is 3. The van der Waals surface area contributed by atoms with Crippen LogP contribution in [-0.4, -0.2) is 20.5 Å². The molecule has 0 radical (unpaired) electrons. The molecule has 0 atom stereocenters. The highest BCUT2D eigenvalue weighted by Crippen LogP contribution is 2.31. The number of carbonyl (C=O) groups is 1. The number of rotatable bonds is 4. The molecule has 140 valence electrons. The maximum absolute atomic E-state index is 13.8. The summed E-state index contributed by atoms with van der Waals surface area (Å²) < 4.78 is 28.4. The van der Waals surface area contributed by atoms with Gasteiger partial charge in [0.15, 0.2) is 11.5 Å². The minimum absolute atomic E-state index is 0.0587. The summed E-state index contributed by atoms with van der Waals surface area (Å²) in [6, 6.07) is 11.8. The predicted molar refractivity (Wildman–Crippen MR) is 102 cm³/mol. The average Bonchev–Trinajstić information content (AvgIpc) is 3.00. The molecule has 7 heteroatoms. The van der Waals surface area contributed by atoms with Crippen LogP contribution < -0.4 is 5.32 Å². The molecule has 0 saturated carbocycles. The molecule has 1 N–H and O–H groups in total. The number of carbonyl (C=O) groups excluding carboxylic acids is 1. The zero-order valence-electron chi connectivity index (χ0n) is 15.0. The van der Waals surface area contributed by atoms with E-state index in [1.807, 2.05) is 6.92 Å². The molecule has 0 bridgehead atoms. The van der Waals surface area contributed by atoms with Gasteiger partial charge in [0.25, 0.3) is 0 Å². The van der Waals surface area contributed by atoms with Gasteiger partial charge in [-0.1, -0.05) is 24.3 Å². The van der Waals surface area contributed by atoms with Crippen molar-refractivity contribution in [2.24, 2.45) is 0 Å². The van der Waals surface area contributed by atoms with Crippen LogP contribution in [0.15, 0.2) is 60.9 Å². The number of nitrogens with one attached hydrogen (secondary N) is 1. The second-order valence-corrected chi connectivity index (χ2v) is 6.48. The van der Waals surface area contributed by atoms with Crippen LogP contribution in [0.4, 0.5) is 14.6 Å². The fourth-order valence-corrected chi connectivity index (χ4v) is 2.99. The molecule has 2 heterocycles. The molecule has 5 nitrogen and oxygen atoms in total. The van der Waals surface area contributed by atoms with E-state index in [1.54, 1.807) is 41.2 Å². The summed E-state index contributed by atoms with van der Waals surface area (Å²) in [5.41, 5.74) is 3.16. The summed E-state index contributed by atoms with van der Waals surface area (Å²) in [5.74, 6) is -0.785. The summed E-state index contributed by atoms with van der Waals surface area (Å²) in [6.45, 7) is 1.88. The minimum atomic E-state index is -0.396. The second kappa shape index (κ2) is 7.19. The molecule has 1 amide bonds. The van der Waals surface area contributed by atoms with E-state index in [0.29, 0.717) is 22.3 Å². The second-order valence-electron chi connectivity index (χ2n) is 6.48. The number of hydrogen-bond donors (Lipinski definition) is 1. The first-order chi connectivity index (χ1) is 13.5. The Morgan fingerprint density at radius 2 is 1.89 bits per heavy atom. The quantitative estimate of drug-likeness (QED) is 0.580. The van der Waals surface area contributed by atoms with Crippen molar-refractivity contribution in [3.63, 3.8) is 0 Å². The van der Waals surface area contributed by atoms with Gasteiger partial charge in [-0.3, -0.25) is 4.79 Å². The number of benzene rings is 2. The first-order valence-corrected chi connectivity index (χ1v) is 8.65. The van der Waals surface area contributed by atoms with Crippen molar-refractivity contribution in [1.29, 1.82) is 0 Å². The lowest BCUT2D eigenvalue weighted by molar-refractivity contribution is -0.115. The molecule has 2 aromatic heterocycles. The number of anilines is 1. The zero-order chi connectivity index (χ0) is 19.7. The molecule has 0 saturated heterocycles. The van der Waals surface area contributed by atoms with Gasteiger partial charge in [-0.25, -0.2) is 18.3 Å². The Bertz CT molecular complexity index is 1170. The molecule has 28 heavy (non-hydrogen) atoms. The van der Waals surface area contributed by atoms with E-state index in [0.717, 1.165) is 5.56 Å². The molecule has 4 rings (SSSR count). The number of nitrogens with zero attached hydrogens (tertiary/aromatic N) is 3. The Morgan fingerprint density at radius 1 is 1.11 bits per heavy atom. The zero-order valence-corrected chi connectivity index (χ0v) is 15.0. The van der Waals surface area contributed by atoms with E-state index in [1.165, 1.54) is 24.3 Å². The molecule has 0 fully saturated rings. The maximum atomic E-state index is 13.8. The standard InChI is InChI=1S/C21H16F2N4O/c1-13-11-24-21-19(15-3-2-4-17(23)10-15)20(26-27(21)12-13)25-18(28)9-14-5-7-16(22)8-6-14/h2-8,10-12H,9H2,1H3,(H,25,26,28). The predicted octanol–water partition coefficient (Wildman–Crippen LogP) is 4.16. The Morgan fingerprint density at radius 3 is 2.64 bits per heavy atom. The lowest BCUT2D eigenvalue weighted by Crippen LogP contribution is -2.15. The Labute approximate surface area is 159 Å². The monoisotopic (exact) mass is 378 g/mol. The van der Waals surface area contributed by atoms with Crippen molar-refractivity contribution < 1.29 is 13.6 Å². The van der Waals surface area contributed by atoms with Crippen LogP contribution in [0.3, 0.4) is 0 Å². The van der Waals surface area contributed by atoms with Gasteiger partial charge in [-0.15, -0.1) is 5.10 Å². The van der Waals surface area contributed by atoms with E-state index >= 15 is 0 Å². The maximum Gasteiger partial charge on any atom is 0.230 e. The summed E-state index contributed by atoms with van der Waals surface area (Å²) in [4.78, 5) is 16.9. The lowest BCUT2D eigenvalue weighted by Gasteiger charge is -2.06. The molecular weight excluding hydrogens is 362 g/mol. The van der Waals surface area contributed by atoms with Crippen molar-refractivity contribution in [1.82, 2.24) is 14.6 Å². The molecule has 2 aromatic carbocycles. The first-order valence-electron chi connectivity index (χ1n) is 8.65. The third kappa shape index (κ3) is 3.59. The van der Waals surface area contributed by atoms with E-state index in [-0.39, 0.29) is 24.0 Å². The molecule has 0 aliphatic rings. The average molecular weight is 378 g/mol. The molecule has 0 spiro atoms. The van der Waals surface area contributed by atoms with Crippen LogP contribution in [0, 0.1) is 18.6 Å². The molecule has 0 aliphatic heterocycles. The Kier molecular flexibility index (Phi) is 4.57. The first kappa shape index (κ1) is 17.8. The fourth-order valence-electron chi connectivity index (χ4n) is 2.99. The van der Waals surface area contributed by atoms with E-state index in [9.17, 15) is 13.6 Å². The molecular formula is C21H16F2N4O. The van der Waals surface area contributed by atoms with Crippen molar-refractivity contribution >= 4 is 17.4 Å².